The van der Waals surface area contributed by atoms with Crippen LogP contribution in [0.1, 0.15) is 124 Å². The standard InChI is InChI=1S/C21H42.C2H6O2/c1-4-7-9-11-13-15-17-19-21(6-3)20-18-16-14-12-10-8-5-2;3-1-2-4/h6H,4-5,7-20H2,1-3H3;3-4H,1-2H2. The zero-order chi connectivity index (χ0) is 19.0. The summed E-state index contributed by atoms with van der Waals surface area (Å²) in [4.78, 5) is 0. The molecule has 0 saturated heterocycles. The van der Waals surface area contributed by atoms with E-state index < -0.39 is 0 Å². The van der Waals surface area contributed by atoms with Crippen molar-refractivity contribution in [2.24, 2.45) is 0 Å². The van der Waals surface area contributed by atoms with E-state index in [1.165, 1.54) is 103 Å². The van der Waals surface area contributed by atoms with Crippen LogP contribution in [0.4, 0.5) is 0 Å². The molecule has 0 rings (SSSR count). The Bertz CT molecular complexity index is 226. The maximum absolute atomic E-state index is 7.62. The molecule has 0 radical (unpaired) electrons. The van der Waals surface area contributed by atoms with E-state index in [1.807, 2.05) is 0 Å². The number of aliphatic hydroxyl groups excluding tert-OH is 2. The fourth-order valence-electron chi connectivity index (χ4n) is 3.03. The summed E-state index contributed by atoms with van der Waals surface area (Å²) >= 11 is 0. The Morgan fingerprint density at radius 1 is 0.560 bits per heavy atom. The van der Waals surface area contributed by atoms with Crippen LogP contribution in [0.15, 0.2) is 11.6 Å². The number of unbranched alkanes of at least 4 members (excludes halogenated alkanes) is 12. The molecule has 0 unspecified atom stereocenters. The SMILES string of the molecule is CC=C(CCCCCCCCC)CCCCCCCCC.OCCO. The van der Waals surface area contributed by atoms with Crippen LogP contribution in [0.25, 0.3) is 0 Å². The molecule has 0 atom stereocenters. The van der Waals surface area contributed by atoms with E-state index in [4.69, 9.17) is 10.2 Å². The van der Waals surface area contributed by atoms with Gasteiger partial charge in [-0.15, -0.1) is 0 Å². The second kappa shape index (κ2) is 25.9. The van der Waals surface area contributed by atoms with Crippen molar-refractivity contribution < 1.29 is 10.2 Å². The summed E-state index contributed by atoms with van der Waals surface area (Å²) in [5.74, 6) is 0. The van der Waals surface area contributed by atoms with Crippen molar-refractivity contribution in [2.75, 3.05) is 13.2 Å². The number of rotatable bonds is 17. The van der Waals surface area contributed by atoms with Crippen LogP contribution in [0.3, 0.4) is 0 Å². The van der Waals surface area contributed by atoms with Crippen molar-refractivity contribution in [1.29, 1.82) is 0 Å². The van der Waals surface area contributed by atoms with Gasteiger partial charge in [-0.3, -0.25) is 0 Å². The van der Waals surface area contributed by atoms with Gasteiger partial charge in [0, 0.05) is 0 Å². The lowest BCUT2D eigenvalue weighted by molar-refractivity contribution is 0.186. The molecule has 2 N–H and O–H groups in total. The van der Waals surface area contributed by atoms with Crippen molar-refractivity contribution in [3.8, 4) is 0 Å². The first kappa shape index (κ1) is 26.9. The van der Waals surface area contributed by atoms with Crippen LogP contribution >= 0.6 is 0 Å². The van der Waals surface area contributed by atoms with E-state index in [9.17, 15) is 0 Å². The summed E-state index contributed by atoms with van der Waals surface area (Å²) in [6.45, 7) is 6.57. The third kappa shape index (κ3) is 26.0. The molecule has 0 saturated carbocycles. The lowest BCUT2D eigenvalue weighted by atomic mass is 9.99. The number of aliphatic hydroxyl groups is 2. The van der Waals surface area contributed by atoms with Gasteiger partial charge in [0.1, 0.15) is 0 Å². The molecule has 2 nitrogen and oxygen atoms in total. The molecule has 0 aromatic rings. The van der Waals surface area contributed by atoms with Gasteiger partial charge in [-0.2, -0.15) is 0 Å². The summed E-state index contributed by atoms with van der Waals surface area (Å²) in [5, 5.41) is 15.2. The molecule has 25 heavy (non-hydrogen) atoms. The normalized spacial score (nSPS) is 10.3. The third-order valence-electron chi connectivity index (χ3n) is 4.71. The van der Waals surface area contributed by atoms with Gasteiger partial charge in [0.2, 0.25) is 0 Å². The average Bonchev–Trinajstić information content (AvgIpc) is 2.65. The van der Waals surface area contributed by atoms with Crippen LogP contribution in [0.5, 0.6) is 0 Å². The summed E-state index contributed by atoms with van der Waals surface area (Å²) in [6.07, 6.45) is 25.1. The molecular weight excluding hydrogens is 308 g/mol. The predicted octanol–water partition coefficient (Wildman–Crippen LogP) is 7.19. The van der Waals surface area contributed by atoms with Crippen molar-refractivity contribution in [3.05, 3.63) is 11.6 Å². The molecular formula is C23H48O2. The van der Waals surface area contributed by atoms with Crippen molar-refractivity contribution in [1.82, 2.24) is 0 Å². The van der Waals surface area contributed by atoms with Crippen molar-refractivity contribution >= 4 is 0 Å². The largest absolute Gasteiger partial charge is 0.394 e. The maximum Gasteiger partial charge on any atom is 0.0662 e. The van der Waals surface area contributed by atoms with E-state index in [2.05, 4.69) is 26.8 Å². The monoisotopic (exact) mass is 356 g/mol. The number of allylic oxidation sites excluding steroid dienone is 2. The highest BCUT2D eigenvalue weighted by atomic mass is 16.3. The molecule has 0 aromatic carbocycles. The lowest BCUT2D eigenvalue weighted by Gasteiger charge is -2.07. The second-order valence-electron chi connectivity index (χ2n) is 7.14. The van der Waals surface area contributed by atoms with E-state index in [-0.39, 0.29) is 13.2 Å². The zero-order valence-corrected chi connectivity index (χ0v) is 17.7. The highest BCUT2D eigenvalue weighted by Crippen LogP contribution is 2.18. The van der Waals surface area contributed by atoms with E-state index >= 15 is 0 Å². The molecule has 0 amide bonds. The van der Waals surface area contributed by atoms with Crippen molar-refractivity contribution in [2.45, 2.75) is 124 Å². The second-order valence-corrected chi connectivity index (χ2v) is 7.14. The summed E-state index contributed by atoms with van der Waals surface area (Å²) in [7, 11) is 0. The van der Waals surface area contributed by atoms with Gasteiger partial charge in [-0.05, 0) is 32.6 Å². The van der Waals surface area contributed by atoms with Crippen LogP contribution < -0.4 is 0 Å². The first-order valence-electron chi connectivity index (χ1n) is 11.1. The van der Waals surface area contributed by atoms with Crippen LogP contribution in [0, 0.1) is 0 Å². The number of hydrogen-bond acceptors (Lipinski definition) is 2. The van der Waals surface area contributed by atoms with Gasteiger partial charge in [-0.25, -0.2) is 0 Å². The minimum Gasteiger partial charge on any atom is -0.394 e. The number of hydrogen-bond donors (Lipinski definition) is 2. The minimum atomic E-state index is -0.125. The van der Waals surface area contributed by atoms with E-state index in [0.29, 0.717) is 0 Å². The molecule has 0 aliphatic heterocycles. The van der Waals surface area contributed by atoms with Gasteiger partial charge < -0.3 is 10.2 Å². The molecule has 152 valence electrons. The van der Waals surface area contributed by atoms with Crippen LogP contribution in [0.2, 0.25) is 0 Å². The molecule has 0 aliphatic rings. The summed E-state index contributed by atoms with van der Waals surface area (Å²) < 4.78 is 0. The topological polar surface area (TPSA) is 40.5 Å². The van der Waals surface area contributed by atoms with Gasteiger partial charge in [-0.1, -0.05) is 103 Å². The Hall–Kier alpha value is -0.340. The third-order valence-corrected chi connectivity index (χ3v) is 4.71. The van der Waals surface area contributed by atoms with Crippen LogP contribution in [-0.4, -0.2) is 23.4 Å². The quantitative estimate of drug-likeness (QED) is 0.214. The fourth-order valence-corrected chi connectivity index (χ4v) is 3.03. The molecule has 0 spiro atoms. The molecule has 0 aromatic heterocycles. The molecule has 0 bridgehead atoms. The molecule has 2 heteroatoms. The van der Waals surface area contributed by atoms with Gasteiger partial charge in [0.15, 0.2) is 0 Å². The molecule has 0 aliphatic carbocycles. The lowest BCUT2D eigenvalue weighted by Crippen LogP contribution is -1.87. The van der Waals surface area contributed by atoms with Gasteiger partial charge >= 0.3 is 0 Å². The minimum absolute atomic E-state index is 0.125. The fraction of sp³-hybridized carbons (Fsp3) is 0.913. The van der Waals surface area contributed by atoms with Crippen LogP contribution in [-0.2, 0) is 0 Å². The predicted molar refractivity (Wildman–Crippen MR) is 113 cm³/mol. The first-order valence-corrected chi connectivity index (χ1v) is 11.1. The Balaban J connectivity index is 0. The highest BCUT2D eigenvalue weighted by molar-refractivity contribution is 4.99. The first-order chi connectivity index (χ1) is 12.3. The molecule has 0 heterocycles. The highest BCUT2D eigenvalue weighted by Gasteiger charge is 1.98. The van der Waals surface area contributed by atoms with Crippen molar-refractivity contribution in [3.63, 3.8) is 0 Å². The summed E-state index contributed by atoms with van der Waals surface area (Å²) in [6, 6.07) is 0. The maximum atomic E-state index is 7.62. The van der Waals surface area contributed by atoms with Gasteiger partial charge in [0.25, 0.3) is 0 Å². The Labute approximate surface area is 159 Å². The van der Waals surface area contributed by atoms with E-state index in [0.717, 1.165) is 0 Å². The molecule has 0 fully saturated rings. The Kier molecular flexibility index (Phi) is 27.8. The summed E-state index contributed by atoms with van der Waals surface area (Å²) in [5.41, 5.74) is 1.72. The average molecular weight is 357 g/mol. The van der Waals surface area contributed by atoms with E-state index in [1.54, 1.807) is 5.57 Å². The zero-order valence-electron chi connectivity index (χ0n) is 17.7. The van der Waals surface area contributed by atoms with Gasteiger partial charge in [0.05, 0.1) is 13.2 Å². The Morgan fingerprint density at radius 2 is 0.880 bits per heavy atom. The Morgan fingerprint density at radius 3 is 1.16 bits per heavy atom. The smallest absolute Gasteiger partial charge is 0.0662 e.